The molecule has 0 saturated heterocycles. The highest BCUT2D eigenvalue weighted by molar-refractivity contribution is 14.1. The summed E-state index contributed by atoms with van der Waals surface area (Å²) in [6.45, 7) is 7.50. The standard InChI is InChI=1S/C17H20IN/c1-12(2)14-5-4-6-17(10-14)19-11-15-7-8-16(18)9-13(15)3/h4-10,12,19H,11H2,1-3H3. The maximum Gasteiger partial charge on any atom is 0.0403 e. The van der Waals surface area contributed by atoms with Crippen LogP contribution in [0.5, 0.6) is 0 Å². The van der Waals surface area contributed by atoms with Crippen molar-refractivity contribution in [3.8, 4) is 0 Å². The number of hydrogen-bond donors (Lipinski definition) is 1. The molecule has 0 aliphatic heterocycles. The van der Waals surface area contributed by atoms with E-state index >= 15 is 0 Å². The molecule has 0 heterocycles. The lowest BCUT2D eigenvalue weighted by molar-refractivity contribution is 0.866. The van der Waals surface area contributed by atoms with Gasteiger partial charge < -0.3 is 5.32 Å². The number of aryl methyl sites for hydroxylation is 1. The Morgan fingerprint density at radius 3 is 2.58 bits per heavy atom. The van der Waals surface area contributed by atoms with Gasteiger partial charge in [-0.3, -0.25) is 0 Å². The Balaban J connectivity index is 2.08. The number of hydrogen-bond acceptors (Lipinski definition) is 1. The summed E-state index contributed by atoms with van der Waals surface area (Å²) >= 11 is 2.35. The molecule has 19 heavy (non-hydrogen) atoms. The average molecular weight is 365 g/mol. The molecule has 0 aromatic heterocycles. The summed E-state index contributed by atoms with van der Waals surface area (Å²) in [7, 11) is 0. The largest absolute Gasteiger partial charge is 0.381 e. The summed E-state index contributed by atoms with van der Waals surface area (Å²) in [5, 5.41) is 3.51. The van der Waals surface area contributed by atoms with Crippen LogP contribution in [0, 0.1) is 10.5 Å². The monoisotopic (exact) mass is 365 g/mol. The lowest BCUT2D eigenvalue weighted by Crippen LogP contribution is -2.02. The van der Waals surface area contributed by atoms with E-state index in [0.29, 0.717) is 5.92 Å². The van der Waals surface area contributed by atoms with Crippen LogP contribution < -0.4 is 5.32 Å². The van der Waals surface area contributed by atoms with Crippen molar-refractivity contribution in [2.75, 3.05) is 5.32 Å². The van der Waals surface area contributed by atoms with Gasteiger partial charge in [0.1, 0.15) is 0 Å². The third kappa shape index (κ3) is 3.96. The fourth-order valence-electron chi connectivity index (χ4n) is 2.06. The van der Waals surface area contributed by atoms with Crippen molar-refractivity contribution in [2.24, 2.45) is 0 Å². The van der Waals surface area contributed by atoms with Crippen LogP contribution in [0.2, 0.25) is 0 Å². The van der Waals surface area contributed by atoms with Gasteiger partial charge in [0.25, 0.3) is 0 Å². The van der Waals surface area contributed by atoms with Crippen LogP contribution in [0.15, 0.2) is 42.5 Å². The maximum atomic E-state index is 3.51. The van der Waals surface area contributed by atoms with Crippen molar-refractivity contribution in [1.29, 1.82) is 0 Å². The zero-order chi connectivity index (χ0) is 13.8. The van der Waals surface area contributed by atoms with Crippen LogP contribution in [-0.2, 0) is 6.54 Å². The highest BCUT2D eigenvalue weighted by atomic mass is 127. The van der Waals surface area contributed by atoms with Crippen LogP contribution >= 0.6 is 22.6 Å². The Labute approximate surface area is 129 Å². The highest BCUT2D eigenvalue weighted by Gasteiger charge is 2.02. The van der Waals surface area contributed by atoms with Crippen molar-refractivity contribution in [2.45, 2.75) is 33.2 Å². The molecule has 0 spiro atoms. The number of benzene rings is 2. The van der Waals surface area contributed by atoms with Gasteiger partial charge in [-0.1, -0.05) is 32.0 Å². The second-order valence-corrected chi connectivity index (χ2v) is 6.45. The van der Waals surface area contributed by atoms with Crippen LogP contribution in [0.4, 0.5) is 5.69 Å². The second kappa shape index (κ2) is 6.42. The molecule has 0 radical (unpaired) electrons. The smallest absolute Gasteiger partial charge is 0.0403 e. The first kappa shape index (κ1) is 14.4. The summed E-state index contributed by atoms with van der Waals surface area (Å²) in [4.78, 5) is 0. The molecule has 0 unspecified atom stereocenters. The molecule has 0 fully saturated rings. The molecule has 0 aliphatic rings. The van der Waals surface area contributed by atoms with E-state index in [1.807, 2.05) is 0 Å². The fraction of sp³-hybridized carbons (Fsp3) is 0.294. The SMILES string of the molecule is Cc1cc(I)ccc1CNc1cccc(C(C)C)c1. The van der Waals surface area contributed by atoms with Crippen LogP contribution in [0.1, 0.15) is 36.5 Å². The molecule has 100 valence electrons. The van der Waals surface area contributed by atoms with E-state index in [0.717, 1.165) is 6.54 Å². The van der Waals surface area contributed by atoms with E-state index in [1.54, 1.807) is 0 Å². The third-order valence-electron chi connectivity index (χ3n) is 3.34. The Morgan fingerprint density at radius 1 is 1.11 bits per heavy atom. The summed E-state index contributed by atoms with van der Waals surface area (Å²) in [6, 6.07) is 15.3. The van der Waals surface area contributed by atoms with Gasteiger partial charge >= 0.3 is 0 Å². The molecule has 2 rings (SSSR count). The zero-order valence-corrected chi connectivity index (χ0v) is 13.9. The average Bonchev–Trinajstić information content (AvgIpc) is 2.38. The molecule has 2 heteroatoms. The minimum absolute atomic E-state index is 0.571. The van der Waals surface area contributed by atoms with Crippen LogP contribution in [0.3, 0.4) is 0 Å². The first-order valence-electron chi connectivity index (χ1n) is 6.65. The quantitative estimate of drug-likeness (QED) is 0.722. The van der Waals surface area contributed by atoms with E-state index in [-0.39, 0.29) is 0 Å². The molecule has 0 atom stereocenters. The Kier molecular flexibility index (Phi) is 4.86. The Morgan fingerprint density at radius 2 is 1.89 bits per heavy atom. The second-order valence-electron chi connectivity index (χ2n) is 5.20. The maximum absolute atomic E-state index is 3.51. The van der Waals surface area contributed by atoms with Gasteiger partial charge in [0, 0.05) is 15.8 Å². The molecule has 2 aromatic carbocycles. The van der Waals surface area contributed by atoms with Crippen molar-refractivity contribution < 1.29 is 0 Å². The van der Waals surface area contributed by atoms with Gasteiger partial charge in [-0.2, -0.15) is 0 Å². The number of anilines is 1. The predicted molar refractivity (Wildman–Crippen MR) is 91.8 cm³/mol. The molecule has 0 amide bonds. The van der Waals surface area contributed by atoms with Gasteiger partial charge in [-0.15, -0.1) is 0 Å². The highest BCUT2D eigenvalue weighted by Crippen LogP contribution is 2.20. The molecule has 2 aromatic rings. The van der Waals surface area contributed by atoms with E-state index in [1.165, 1.54) is 25.9 Å². The normalized spacial score (nSPS) is 10.8. The third-order valence-corrected chi connectivity index (χ3v) is 4.01. The first-order chi connectivity index (χ1) is 9.06. The molecular formula is C17H20IN. The summed E-state index contributed by atoms with van der Waals surface area (Å²) in [6.07, 6.45) is 0. The molecule has 1 N–H and O–H groups in total. The van der Waals surface area contributed by atoms with Crippen LogP contribution in [0.25, 0.3) is 0 Å². The van der Waals surface area contributed by atoms with Gasteiger partial charge in [0.15, 0.2) is 0 Å². The molecular weight excluding hydrogens is 345 g/mol. The zero-order valence-electron chi connectivity index (χ0n) is 11.7. The Hall–Kier alpha value is -1.03. The summed E-state index contributed by atoms with van der Waals surface area (Å²) < 4.78 is 1.29. The van der Waals surface area contributed by atoms with Crippen LogP contribution in [-0.4, -0.2) is 0 Å². The van der Waals surface area contributed by atoms with Gasteiger partial charge in [-0.05, 0) is 76.4 Å². The van der Waals surface area contributed by atoms with Crippen molar-refractivity contribution in [1.82, 2.24) is 0 Å². The lowest BCUT2D eigenvalue weighted by Gasteiger charge is -2.12. The number of rotatable bonds is 4. The molecule has 1 nitrogen and oxygen atoms in total. The Bertz CT molecular complexity index is 561. The minimum atomic E-state index is 0.571. The molecule has 0 aliphatic carbocycles. The van der Waals surface area contributed by atoms with Crippen molar-refractivity contribution >= 4 is 28.3 Å². The lowest BCUT2D eigenvalue weighted by atomic mass is 10.0. The molecule has 0 saturated carbocycles. The first-order valence-corrected chi connectivity index (χ1v) is 7.73. The van der Waals surface area contributed by atoms with Crippen molar-refractivity contribution in [3.05, 3.63) is 62.7 Å². The predicted octanol–water partition coefficient (Wildman–Crippen LogP) is 5.34. The number of halogens is 1. The summed E-state index contributed by atoms with van der Waals surface area (Å²) in [5.74, 6) is 0.571. The molecule has 0 bridgehead atoms. The van der Waals surface area contributed by atoms with Crippen molar-refractivity contribution in [3.63, 3.8) is 0 Å². The topological polar surface area (TPSA) is 12.0 Å². The van der Waals surface area contributed by atoms with E-state index in [2.05, 4.69) is 91.1 Å². The van der Waals surface area contributed by atoms with E-state index in [4.69, 9.17) is 0 Å². The van der Waals surface area contributed by atoms with Gasteiger partial charge in [0.2, 0.25) is 0 Å². The van der Waals surface area contributed by atoms with E-state index < -0.39 is 0 Å². The fourth-order valence-corrected chi connectivity index (χ4v) is 2.71. The minimum Gasteiger partial charge on any atom is -0.381 e. The number of nitrogens with one attached hydrogen (secondary N) is 1. The van der Waals surface area contributed by atoms with E-state index in [9.17, 15) is 0 Å². The van der Waals surface area contributed by atoms with Gasteiger partial charge in [-0.25, -0.2) is 0 Å². The van der Waals surface area contributed by atoms with Gasteiger partial charge in [0.05, 0.1) is 0 Å². The summed E-state index contributed by atoms with van der Waals surface area (Å²) in [5.41, 5.74) is 5.28.